The second-order valence-corrected chi connectivity index (χ2v) is 4.81. The number of benzene rings is 2. The van der Waals surface area contributed by atoms with Crippen LogP contribution in [-0.4, -0.2) is 5.91 Å². The van der Waals surface area contributed by atoms with E-state index in [9.17, 15) is 9.18 Å². The molecule has 0 saturated heterocycles. The van der Waals surface area contributed by atoms with Crippen molar-refractivity contribution in [3.8, 4) is 11.5 Å². The molecule has 0 saturated carbocycles. The van der Waals surface area contributed by atoms with Crippen LogP contribution in [0.2, 0.25) is 0 Å². The predicted molar refractivity (Wildman–Crippen MR) is 74.2 cm³/mol. The highest BCUT2D eigenvalue weighted by molar-refractivity contribution is 14.1. The molecule has 0 unspecified atom stereocenters. The Balaban J connectivity index is 2.27. The minimum Gasteiger partial charge on any atom is -0.454 e. The quantitative estimate of drug-likeness (QED) is 0.857. The van der Waals surface area contributed by atoms with E-state index in [0.29, 0.717) is 5.75 Å². The van der Waals surface area contributed by atoms with E-state index in [1.807, 2.05) is 12.1 Å². The highest BCUT2D eigenvalue weighted by Gasteiger charge is 2.08. The monoisotopic (exact) mass is 357 g/mol. The maximum Gasteiger partial charge on any atom is 0.248 e. The fourth-order valence-corrected chi connectivity index (χ4v) is 1.91. The van der Waals surface area contributed by atoms with E-state index >= 15 is 0 Å². The Morgan fingerprint density at radius 1 is 1.22 bits per heavy atom. The van der Waals surface area contributed by atoms with Gasteiger partial charge in [-0.3, -0.25) is 4.79 Å². The molecule has 92 valence electrons. The summed E-state index contributed by atoms with van der Waals surface area (Å²) in [6, 6.07) is 11.1. The Hall–Kier alpha value is -1.63. The number of nitrogens with two attached hydrogens (primary N) is 1. The number of ether oxygens (including phenoxy) is 1. The minimum absolute atomic E-state index is 0.0574. The fraction of sp³-hybridized carbons (Fsp3) is 0. The predicted octanol–water partition coefficient (Wildman–Crippen LogP) is 3.32. The number of carbonyl (C=O) groups is 1. The first-order chi connectivity index (χ1) is 8.56. The lowest BCUT2D eigenvalue weighted by molar-refractivity contribution is 0.1000. The van der Waals surface area contributed by atoms with Crippen molar-refractivity contribution in [2.45, 2.75) is 0 Å². The van der Waals surface area contributed by atoms with Gasteiger partial charge in [-0.2, -0.15) is 0 Å². The van der Waals surface area contributed by atoms with Crippen molar-refractivity contribution in [2.75, 3.05) is 0 Å². The van der Waals surface area contributed by atoms with Crippen molar-refractivity contribution in [3.63, 3.8) is 0 Å². The molecule has 2 aromatic rings. The van der Waals surface area contributed by atoms with Crippen LogP contribution in [0.3, 0.4) is 0 Å². The van der Waals surface area contributed by atoms with Crippen molar-refractivity contribution < 1.29 is 13.9 Å². The van der Waals surface area contributed by atoms with E-state index in [1.54, 1.807) is 12.1 Å². The van der Waals surface area contributed by atoms with Crippen LogP contribution in [0.1, 0.15) is 10.4 Å². The largest absolute Gasteiger partial charge is 0.454 e. The van der Waals surface area contributed by atoms with E-state index in [1.165, 1.54) is 12.1 Å². The first-order valence-electron chi connectivity index (χ1n) is 5.09. The van der Waals surface area contributed by atoms with Crippen LogP contribution in [-0.2, 0) is 0 Å². The van der Waals surface area contributed by atoms with Gasteiger partial charge in [0.1, 0.15) is 5.75 Å². The van der Waals surface area contributed by atoms with Gasteiger partial charge >= 0.3 is 0 Å². The van der Waals surface area contributed by atoms with Gasteiger partial charge in [-0.1, -0.05) is 6.07 Å². The second kappa shape index (κ2) is 5.34. The number of halogens is 2. The topological polar surface area (TPSA) is 52.3 Å². The Labute approximate surface area is 117 Å². The third kappa shape index (κ3) is 2.98. The molecule has 0 radical (unpaired) electrons. The summed E-state index contributed by atoms with van der Waals surface area (Å²) in [4.78, 5) is 10.9. The fourth-order valence-electron chi connectivity index (χ4n) is 1.39. The van der Waals surface area contributed by atoms with Gasteiger partial charge in [-0.15, -0.1) is 0 Å². The molecule has 5 heteroatoms. The molecule has 0 heterocycles. The Morgan fingerprint density at radius 2 is 2.00 bits per heavy atom. The molecule has 3 nitrogen and oxygen atoms in total. The summed E-state index contributed by atoms with van der Waals surface area (Å²) in [5.74, 6) is -0.700. The average Bonchev–Trinajstić information content (AvgIpc) is 2.31. The van der Waals surface area contributed by atoms with Gasteiger partial charge in [0.05, 0.1) is 0 Å². The minimum atomic E-state index is -0.672. The number of hydrogen-bond acceptors (Lipinski definition) is 2. The van der Waals surface area contributed by atoms with Crippen molar-refractivity contribution in [2.24, 2.45) is 5.73 Å². The first kappa shape index (κ1) is 12.8. The van der Waals surface area contributed by atoms with Gasteiger partial charge < -0.3 is 10.5 Å². The lowest BCUT2D eigenvalue weighted by Gasteiger charge is -2.07. The highest BCUT2D eigenvalue weighted by atomic mass is 127. The zero-order valence-electron chi connectivity index (χ0n) is 9.19. The lowest BCUT2D eigenvalue weighted by atomic mass is 10.2. The summed E-state index contributed by atoms with van der Waals surface area (Å²) in [5.41, 5.74) is 5.17. The molecule has 0 atom stereocenters. The summed E-state index contributed by atoms with van der Waals surface area (Å²) in [6.07, 6.45) is 0. The Kier molecular flexibility index (Phi) is 3.81. The number of carbonyl (C=O) groups excluding carboxylic acids is 1. The van der Waals surface area contributed by atoms with Crippen LogP contribution in [0.4, 0.5) is 4.39 Å². The Bertz CT molecular complexity index is 601. The normalized spacial score (nSPS) is 10.1. The van der Waals surface area contributed by atoms with Crippen molar-refractivity contribution in [1.82, 2.24) is 0 Å². The maximum atomic E-state index is 13.7. The lowest BCUT2D eigenvalue weighted by Crippen LogP contribution is -2.11. The van der Waals surface area contributed by atoms with Gasteiger partial charge in [0.2, 0.25) is 5.91 Å². The van der Waals surface area contributed by atoms with Gasteiger partial charge in [-0.25, -0.2) is 4.39 Å². The zero-order valence-corrected chi connectivity index (χ0v) is 11.3. The third-order valence-electron chi connectivity index (χ3n) is 2.24. The molecule has 2 rings (SSSR count). The van der Waals surface area contributed by atoms with Crippen LogP contribution in [0.5, 0.6) is 11.5 Å². The first-order valence-corrected chi connectivity index (χ1v) is 6.17. The van der Waals surface area contributed by atoms with Crippen LogP contribution in [0.15, 0.2) is 42.5 Å². The molecule has 0 aliphatic heterocycles. The SMILES string of the molecule is NC(=O)c1ccc(Oc2cccc(I)c2)c(F)c1. The third-order valence-corrected chi connectivity index (χ3v) is 2.91. The summed E-state index contributed by atoms with van der Waals surface area (Å²) in [6.45, 7) is 0. The smallest absolute Gasteiger partial charge is 0.248 e. The molecule has 0 spiro atoms. The van der Waals surface area contributed by atoms with Gasteiger partial charge in [-0.05, 0) is 59.0 Å². The van der Waals surface area contributed by atoms with Gasteiger partial charge in [0.25, 0.3) is 0 Å². The van der Waals surface area contributed by atoms with Crippen LogP contribution >= 0.6 is 22.6 Å². The summed E-state index contributed by atoms with van der Waals surface area (Å²) >= 11 is 2.14. The van der Waals surface area contributed by atoms with E-state index < -0.39 is 11.7 Å². The van der Waals surface area contributed by atoms with E-state index in [0.717, 1.165) is 9.64 Å². The number of primary amides is 1. The van der Waals surface area contributed by atoms with Crippen LogP contribution in [0, 0.1) is 9.39 Å². The molecule has 0 aliphatic rings. The molecular weight excluding hydrogens is 348 g/mol. The van der Waals surface area contributed by atoms with E-state index in [4.69, 9.17) is 10.5 Å². The molecule has 18 heavy (non-hydrogen) atoms. The highest BCUT2D eigenvalue weighted by Crippen LogP contribution is 2.26. The standard InChI is InChI=1S/C13H9FINO2/c14-11-6-8(13(16)17)4-5-12(11)18-10-3-1-2-9(15)7-10/h1-7H,(H2,16,17). The van der Waals surface area contributed by atoms with Gasteiger partial charge in [0.15, 0.2) is 11.6 Å². The molecule has 0 bridgehead atoms. The van der Waals surface area contributed by atoms with Crippen LogP contribution < -0.4 is 10.5 Å². The number of amides is 1. The zero-order chi connectivity index (χ0) is 13.1. The Morgan fingerprint density at radius 3 is 2.61 bits per heavy atom. The van der Waals surface area contributed by atoms with E-state index in [-0.39, 0.29) is 11.3 Å². The molecule has 0 fully saturated rings. The van der Waals surface area contributed by atoms with Crippen LogP contribution in [0.25, 0.3) is 0 Å². The van der Waals surface area contributed by atoms with Gasteiger partial charge in [0, 0.05) is 9.13 Å². The number of hydrogen-bond donors (Lipinski definition) is 1. The second-order valence-electron chi connectivity index (χ2n) is 3.57. The molecule has 2 aromatic carbocycles. The van der Waals surface area contributed by atoms with Crippen molar-refractivity contribution in [1.29, 1.82) is 0 Å². The van der Waals surface area contributed by atoms with E-state index in [2.05, 4.69) is 22.6 Å². The molecule has 1 amide bonds. The molecule has 0 aliphatic carbocycles. The maximum absolute atomic E-state index is 13.7. The summed E-state index contributed by atoms with van der Waals surface area (Å²) < 4.78 is 20.0. The number of rotatable bonds is 3. The molecule has 2 N–H and O–H groups in total. The summed E-state index contributed by atoms with van der Waals surface area (Å²) in [5, 5.41) is 0. The summed E-state index contributed by atoms with van der Waals surface area (Å²) in [7, 11) is 0. The van der Waals surface area contributed by atoms with Crippen molar-refractivity contribution >= 4 is 28.5 Å². The average molecular weight is 357 g/mol. The molecular formula is C13H9FINO2. The van der Waals surface area contributed by atoms with Crippen molar-refractivity contribution in [3.05, 3.63) is 57.4 Å². The molecule has 0 aromatic heterocycles.